The van der Waals surface area contributed by atoms with Crippen LogP contribution in [-0.4, -0.2) is 48.9 Å². The lowest BCUT2D eigenvalue weighted by Crippen LogP contribution is -2.45. The first-order valence-corrected chi connectivity index (χ1v) is 12.9. The summed E-state index contributed by atoms with van der Waals surface area (Å²) in [6, 6.07) is 15.9. The standard InChI is InChI=1S/C29H36FNO5/c1-20(2)27-28(22-9-4-3-5-10-22)36-26(19-32)31(27)25(33)12-8-11-24(21-13-15-23(30)16-14-21)29-34-17-6-7-18-35-29/h3-5,9-10,13-16,19-20,24,26-29H,6-8,11-12,17-18H2,1-2H3. The lowest BCUT2D eigenvalue weighted by Gasteiger charge is -2.31. The minimum absolute atomic E-state index is 0.101. The maximum absolute atomic E-state index is 13.6. The molecule has 2 aromatic carbocycles. The van der Waals surface area contributed by atoms with Gasteiger partial charge in [0.05, 0.1) is 6.04 Å². The third-order valence-electron chi connectivity index (χ3n) is 7.04. The van der Waals surface area contributed by atoms with E-state index in [-0.39, 0.29) is 42.1 Å². The van der Waals surface area contributed by atoms with Crippen molar-refractivity contribution < 1.29 is 28.2 Å². The molecular formula is C29H36FNO5. The van der Waals surface area contributed by atoms with E-state index in [2.05, 4.69) is 0 Å². The second kappa shape index (κ2) is 12.6. The highest BCUT2D eigenvalue weighted by atomic mass is 19.1. The molecule has 0 aliphatic carbocycles. The van der Waals surface area contributed by atoms with Crippen LogP contribution in [0, 0.1) is 11.7 Å². The molecule has 4 atom stereocenters. The fourth-order valence-corrected chi connectivity index (χ4v) is 5.26. The number of aldehydes is 1. The van der Waals surface area contributed by atoms with Gasteiger partial charge in [-0.25, -0.2) is 4.39 Å². The second-order valence-electron chi connectivity index (χ2n) is 9.90. The van der Waals surface area contributed by atoms with Crippen LogP contribution in [0.3, 0.4) is 0 Å². The van der Waals surface area contributed by atoms with Crippen LogP contribution in [0.25, 0.3) is 0 Å². The van der Waals surface area contributed by atoms with Gasteiger partial charge in [-0.15, -0.1) is 0 Å². The van der Waals surface area contributed by atoms with Gasteiger partial charge in [-0.05, 0) is 54.9 Å². The zero-order valence-electron chi connectivity index (χ0n) is 21.1. The van der Waals surface area contributed by atoms with Crippen molar-refractivity contribution in [1.82, 2.24) is 4.90 Å². The van der Waals surface area contributed by atoms with E-state index in [1.54, 1.807) is 17.0 Å². The predicted octanol–water partition coefficient (Wildman–Crippen LogP) is 5.38. The molecule has 0 N–H and O–H groups in total. The highest BCUT2D eigenvalue weighted by molar-refractivity contribution is 5.80. The largest absolute Gasteiger partial charge is 0.352 e. The predicted molar refractivity (Wildman–Crippen MR) is 134 cm³/mol. The molecule has 2 heterocycles. The molecule has 0 spiro atoms. The monoisotopic (exact) mass is 497 g/mol. The van der Waals surface area contributed by atoms with Crippen LogP contribution >= 0.6 is 0 Å². The Bertz CT molecular complexity index is 975. The van der Waals surface area contributed by atoms with Crippen molar-refractivity contribution in [1.29, 1.82) is 0 Å². The molecular weight excluding hydrogens is 461 g/mol. The average molecular weight is 498 g/mol. The van der Waals surface area contributed by atoms with E-state index < -0.39 is 12.5 Å². The number of rotatable bonds is 9. The van der Waals surface area contributed by atoms with Gasteiger partial charge in [0, 0.05) is 25.6 Å². The SMILES string of the molecule is CC(C)C1C(c2ccccc2)OC(C=O)N1C(=O)CCCC(c1ccc(F)cc1)C1OCCCCO1. The Morgan fingerprint density at radius 3 is 2.33 bits per heavy atom. The number of ether oxygens (including phenoxy) is 3. The summed E-state index contributed by atoms with van der Waals surface area (Å²) in [6.45, 7) is 5.32. The zero-order chi connectivity index (χ0) is 25.5. The maximum Gasteiger partial charge on any atom is 0.225 e. The molecule has 0 saturated carbocycles. The Labute approximate surface area is 212 Å². The highest BCUT2D eigenvalue weighted by Crippen LogP contribution is 2.39. The van der Waals surface area contributed by atoms with E-state index in [9.17, 15) is 14.0 Å². The van der Waals surface area contributed by atoms with Crippen LogP contribution in [0.15, 0.2) is 54.6 Å². The minimum Gasteiger partial charge on any atom is -0.352 e. The highest BCUT2D eigenvalue weighted by Gasteiger charge is 2.46. The Kier molecular flexibility index (Phi) is 9.24. The van der Waals surface area contributed by atoms with Gasteiger partial charge >= 0.3 is 0 Å². The van der Waals surface area contributed by atoms with Crippen LogP contribution < -0.4 is 0 Å². The van der Waals surface area contributed by atoms with E-state index in [1.165, 1.54) is 12.1 Å². The van der Waals surface area contributed by atoms with Crippen molar-refractivity contribution >= 4 is 12.2 Å². The molecule has 0 bridgehead atoms. The molecule has 2 aliphatic rings. The summed E-state index contributed by atoms with van der Waals surface area (Å²) in [5.41, 5.74) is 1.88. The topological polar surface area (TPSA) is 65.1 Å². The maximum atomic E-state index is 13.6. The number of carbonyl (C=O) groups is 2. The van der Waals surface area contributed by atoms with Crippen molar-refractivity contribution in [3.8, 4) is 0 Å². The smallest absolute Gasteiger partial charge is 0.225 e. The van der Waals surface area contributed by atoms with Crippen molar-refractivity contribution in [2.24, 2.45) is 5.92 Å². The molecule has 2 fully saturated rings. The normalized spacial score (nSPS) is 24.0. The van der Waals surface area contributed by atoms with Crippen LogP contribution in [0.2, 0.25) is 0 Å². The molecule has 4 rings (SSSR count). The van der Waals surface area contributed by atoms with Gasteiger partial charge in [0.1, 0.15) is 11.9 Å². The molecule has 2 aromatic rings. The molecule has 4 unspecified atom stereocenters. The molecule has 0 aromatic heterocycles. The van der Waals surface area contributed by atoms with Gasteiger partial charge in [-0.1, -0.05) is 56.3 Å². The van der Waals surface area contributed by atoms with E-state index in [0.717, 1.165) is 24.0 Å². The Hall–Kier alpha value is -2.61. The molecule has 36 heavy (non-hydrogen) atoms. The summed E-state index contributed by atoms with van der Waals surface area (Å²) >= 11 is 0. The first kappa shape index (κ1) is 26.5. The third-order valence-corrected chi connectivity index (χ3v) is 7.04. The molecule has 6 nitrogen and oxygen atoms in total. The fourth-order valence-electron chi connectivity index (χ4n) is 5.26. The minimum atomic E-state index is -0.906. The van der Waals surface area contributed by atoms with Crippen LogP contribution in [-0.2, 0) is 23.8 Å². The number of benzene rings is 2. The van der Waals surface area contributed by atoms with Gasteiger partial charge < -0.3 is 19.1 Å². The van der Waals surface area contributed by atoms with E-state index in [0.29, 0.717) is 32.3 Å². The molecule has 194 valence electrons. The molecule has 1 amide bonds. The number of hydrogen-bond donors (Lipinski definition) is 0. The third kappa shape index (κ3) is 6.20. The van der Waals surface area contributed by atoms with Gasteiger partial charge in [0.15, 0.2) is 18.8 Å². The van der Waals surface area contributed by atoms with Gasteiger partial charge in [-0.3, -0.25) is 9.59 Å². The first-order chi connectivity index (χ1) is 17.5. The number of amides is 1. The van der Waals surface area contributed by atoms with Crippen molar-refractivity contribution in [3.05, 3.63) is 71.5 Å². The van der Waals surface area contributed by atoms with Crippen LogP contribution in [0.4, 0.5) is 4.39 Å². The number of nitrogens with zero attached hydrogens (tertiary/aromatic N) is 1. The zero-order valence-corrected chi connectivity index (χ0v) is 21.1. The van der Waals surface area contributed by atoms with E-state index in [4.69, 9.17) is 14.2 Å². The summed E-state index contributed by atoms with van der Waals surface area (Å²) in [4.78, 5) is 27.0. The number of carbonyl (C=O) groups excluding carboxylic acids is 2. The van der Waals surface area contributed by atoms with Gasteiger partial charge in [0.2, 0.25) is 5.91 Å². The molecule has 7 heteroatoms. The van der Waals surface area contributed by atoms with Crippen LogP contribution in [0.1, 0.15) is 69.1 Å². The summed E-state index contributed by atoms with van der Waals surface area (Å²) < 4.78 is 31.6. The van der Waals surface area contributed by atoms with Crippen LogP contribution in [0.5, 0.6) is 0 Å². The Balaban J connectivity index is 1.46. The van der Waals surface area contributed by atoms with E-state index in [1.807, 2.05) is 44.2 Å². The Morgan fingerprint density at radius 2 is 1.72 bits per heavy atom. The molecule has 2 aliphatic heterocycles. The average Bonchev–Trinajstić information content (AvgIpc) is 3.09. The lowest BCUT2D eigenvalue weighted by atomic mass is 9.91. The van der Waals surface area contributed by atoms with Crippen molar-refractivity contribution in [2.75, 3.05) is 13.2 Å². The fraction of sp³-hybridized carbons (Fsp3) is 0.517. The van der Waals surface area contributed by atoms with Gasteiger partial charge in [-0.2, -0.15) is 0 Å². The summed E-state index contributed by atoms with van der Waals surface area (Å²) in [5.74, 6) is -0.420. The summed E-state index contributed by atoms with van der Waals surface area (Å²) in [7, 11) is 0. The lowest BCUT2D eigenvalue weighted by molar-refractivity contribution is -0.145. The van der Waals surface area contributed by atoms with Gasteiger partial charge in [0.25, 0.3) is 0 Å². The Morgan fingerprint density at radius 1 is 1.06 bits per heavy atom. The number of hydrogen-bond acceptors (Lipinski definition) is 5. The molecule has 0 radical (unpaired) electrons. The summed E-state index contributed by atoms with van der Waals surface area (Å²) in [5, 5.41) is 0. The molecule has 2 saturated heterocycles. The number of halogens is 1. The quantitative estimate of drug-likeness (QED) is 0.435. The first-order valence-electron chi connectivity index (χ1n) is 12.9. The summed E-state index contributed by atoms with van der Waals surface area (Å²) in [6.07, 6.45) is 2.37. The second-order valence-corrected chi connectivity index (χ2v) is 9.90. The van der Waals surface area contributed by atoms with E-state index >= 15 is 0 Å². The van der Waals surface area contributed by atoms with Crippen molar-refractivity contribution in [3.63, 3.8) is 0 Å². The van der Waals surface area contributed by atoms with Crippen molar-refractivity contribution in [2.45, 2.75) is 76.5 Å².